The number of benzene rings is 3. The van der Waals surface area contributed by atoms with Crippen LogP contribution in [0.25, 0.3) is 0 Å². The molecule has 3 aromatic carbocycles. The fraction of sp³-hybridized carbons (Fsp3) is 0.276. The molecule has 0 unspecified atom stereocenters. The van der Waals surface area contributed by atoms with Crippen molar-refractivity contribution in [2.75, 3.05) is 13.2 Å². The predicted molar refractivity (Wildman–Crippen MR) is 136 cm³/mol. The van der Waals surface area contributed by atoms with Crippen molar-refractivity contribution in [3.63, 3.8) is 0 Å². The van der Waals surface area contributed by atoms with Gasteiger partial charge >= 0.3 is 5.97 Å². The molecule has 36 heavy (non-hydrogen) atoms. The summed E-state index contributed by atoms with van der Waals surface area (Å²) in [6.07, 6.45) is 0.866. The summed E-state index contributed by atoms with van der Waals surface area (Å²) in [4.78, 5) is 32.9. The standard InChI is InChI=1S/C29H29N3O4/c1-2-35-28(34)25-26(22-12-14-24(15-13-22)36-19-20-8-4-3-5-9-20)30-29(31-27(25)33)32-17-16-21-10-6-7-11-23(21)18-32/h3-15,25-26H,2,16-19H2,1H3,(H,30,31,33)/t25-,26+/m1/s1. The molecule has 0 radical (unpaired) electrons. The van der Waals surface area contributed by atoms with E-state index in [2.05, 4.69) is 22.3 Å². The highest BCUT2D eigenvalue weighted by Gasteiger charge is 2.42. The van der Waals surface area contributed by atoms with E-state index in [1.165, 1.54) is 11.1 Å². The number of guanidine groups is 1. The van der Waals surface area contributed by atoms with Crippen LogP contribution in [-0.4, -0.2) is 35.9 Å². The Morgan fingerprint density at radius 1 is 1.00 bits per heavy atom. The van der Waals surface area contributed by atoms with Gasteiger partial charge in [0.1, 0.15) is 18.4 Å². The second-order valence-corrected chi connectivity index (χ2v) is 8.90. The van der Waals surface area contributed by atoms with E-state index in [0.717, 1.165) is 24.1 Å². The molecule has 0 spiro atoms. The Bertz CT molecular complexity index is 1260. The third kappa shape index (κ3) is 5.10. The van der Waals surface area contributed by atoms with Crippen LogP contribution in [0.3, 0.4) is 0 Å². The highest BCUT2D eigenvalue weighted by molar-refractivity contribution is 6.08. The molecule has 7 nitrogen and oxygen atoms in total. The maximum atomic E-state index is 13.2. The molecule has 2 heterocycles. The topological polar surface area (TPSA) is 80.2 Å². The van der Waals surface area contributed by atoms with Crippen LogP contribution in [0.5, 0.6) is 5.75 Å². The van der Waals surface area contributed by atoms with Gasteiger partial charge in [-0.05, 0) is 47.7 Å². The summed E-state index contributed by atoms with van der Waals surface area (Å²) >= 11 is 0. The number of ether oxygens (including phenoxy) is 2. The Labute approximate surface area is 210 Å². The minimum atomic E-state index is -1.05. The van der Waals surface area contributed by atoms with Crippen molar-refractivity contribution < 1.29 is 19.1 Å². The monoisotopic (exact) mass is 483 g/mol. The van der Waals surface area contributed by atoms with Gasteiger partial charge < -0.3 is 14.4 Å². The van der Waals surface area contributed by atoms with Crippen LogP contribution in [0.15, 0.2) is 83.9 Å². The van der Waals surface area contributed by atoms with Gasteiger partial charge in [-0.2, -0.15) is 0 Å². The van der Waals surface area contributed by atoms with Crippen LogP contribution in [0.2, 0.25) is 0 Å². The summed E-state index contributed by atoms with van der Waals surface area (Å²) in [6.45, 7) is 3.77. The number of amides is 1. The number of nitrogens with one attached hydrogen (secondary N) is 1. The number of aliphatic imine (C=N–C) groups is 1. The average molecular weight is 484 g/mol. The van der Waals surface area contributed by atoms with Gasteiger partial charge in [0.25, 0.3) is 0 Å². The first-order chi connectivity index (χ1) is 17.6. The maximum absolute atomic E-state index is 13.2. The number of carbonyl (C=O) groups excluding carboxylic acids is 2. The van der Waals surface area contributed by atoms with E-state index in [1.54, 1.807) is 6.92 Å². The van der Waals surface area contributed by atoms with Gasteiger partial charge in [0.2, 0.25) is 11.9 Å². The maximum Gasteiger partial charge on any atom is 0.321 e. The SMILES string of the molecule is CCOC(=O)[C@H]1C(=O)NC(N2CCc3ccccc3C2)=N[C@H]1c1ccc(OCc2ccccc2)cc1. The van der Waals surface area contributed by atoms with Crippen molar-refractivity contribution >= 4 is 17.8 Å². The molecule has 0 aliphatic carbocycles. The quantitative estimate of drug-likeness (QED) is 0.423. The average Bonchev–Trinajstić information content (AvgIpc) is 2.92. The fourth-order valence-electron chi connectivity index (χ4n) is 4.64. The minimum absolute atomic E-state index is 0.196. The molecule has 0 bridgehead atoms. The van der Waals surface area contributed by atoms with Gasteiger partial charge in [-0.1, -0.05) is 66.7 Å². The molecule has 2 aliphatic heterocycles. The molecule has 0 fully saturated rings. The van der Waals surface area contributed by atoms with E-state index >= 15 is 0 Å². The zero-order chi connectivity index (χ0) is 24.9. The predicted octanol–water partition coefficient (Wildman–Crippen LogP) is 4.03. The molecule has 0 saturated heterocycles. The number of rotatable bonds is 6. The summed E-state index contributed by atoms with van der Waals surface area (Å²) in [7, 11) is 0. The van der Waals surface area contributed by atoms with Crippen LogP contribution in [0.1, 0.15) is 35.2 Å². The molecule has 1 amide bonds. The molecule has 0 aromatic heterocycles. The molecule has 0 saturated carbocycles. The van der Waals surface area contributed by atoms with Gasteiger partial charge in [0.15, 0.2) is 5.92 Å². The molecule has 184 valence electrons. The number of hydrogen-bond donors (Lipinski definition) is 1. The number of fused-ring (bicyclic) bond motifs is 1. The van der Waals surface area contributed by atoms with Gasteiger partial charge in [0.05, 0.1) is 6.61 Å². The van der Waals surface area contributed by atoms with Gasteiger partial charge in [-0.25, -0.2) is 4.99 Å². The van der Waals surface area contributed by atoms with Crippen molar-refractivity contribution in [3.8, 4) is 5.75 Å². The third-order valence-electron chi connectivity index (χ3n) is 6.54. The van der Waals surface area contributed by atoms with Crippen molar-refractivity contribution in [1.82, 2.24) is 10.2 Å². The molecule has 2 atom stereocenters. The van der Waals surface area contributed by atoms with E-state index in [-0.39, 0.29) is 6.61 Å². The zero-order valence-electron chi connectivity index (χ0n) is 20.2. The van der Waals surface area contributed by atoms with E-state index in [9.17, 15) is 9.59 Å². The molecule has 3 aromatic rings. The first-order valence-corrected chi connectivity index (χ1v) is 12.3. The van der Waals surface area contributed by atoms with Gasteiger partial charge in [-0.3, -0.25) is 14.9 Å². The largest absolute Gasteiger partial charge is 0.489 e. The van der Waals surface area contributed by atoms with E-state index in [1.807, 2.05) is 66.7 Å². The van der Waals surface area contributed by atoms with Crippen molar-refractivity contribution in [2.24, 2.45) is 10.9 Å². The number of carbonyl (C=O) groups is 2. The van der Waals surface area contributed by atoms with Crippen molar-refractivity contribution in [3.05, 3.63) is 101 Å². The fourth-order valence-corrected chi connectivity index (χ4v) is 4.64. The van der Waals surface area contributed by atoms with Crippen LogP contribution in [0.4, 0.5) is 0 Å². The Balaban J connectivity index is 1.39. The summed E-state index contributed by atoms with van der Waals surface area (Å²) in [6, 6.07) is 25.0. The Morgan fingerprint density at radius 3 is 2.47 bits per heavy atom. The number of hydrogen-bond acceptors (Lipinski definition) is 6. The summed E-state index contributed by atoms with van der Waals surface area (Å²) in [5, 5.41) is 2.87. The normalized spacial score (nSPS) is 19.1. The minimum Gasteiger partial charge on any atom is -0.489 e. The first-order valence-electron chi connectivity index (χ1n) is 12.3. The third-order valence-corrected chi connectivity index (χ3v) is 6.54. The molecule has 5 rings (SSSR count). The molecular formula is C29H29N3O4. The Kier molecular flexibility index (Phi) is 6.98. The lowest BCUT2D eigenvalue weighted by Crippen LogP contribution is -2.53. The highest BCUT2D eigenvalue weighted by atomic mass is 16.5. The first kappa shape index (κ1) is 23.6. The number of esters is 1. The van der Waals surface area contributed by atoms with Gasteiger partial charge in [-0.15, -0.1) is 0 Å². The van der Waals surface area contributed by atoms with E-state index in [0.29, 0.717) is 24.9 Å². The van der Waals surface area contributed by atoms with Crippen LogP contribution < -0.4 is 10.1 Å². The van der Waals surface area contributed by atoms with E-state index < -0.39 is 23.8 Å². The molecule has 1 N–H and O–H groups in total. The zero-order valence-corrected chi connectivity index (χ0v) is 20.2. The smallest absolute Gasteiger partial charge is 0.321 e. The Morgan fingerprint density at radius 2 is 1.72 bits per heavy atom. The molecule has 2 aliphatic rings. The van der Waals surface area contributed by atoms with E-state index in [4.69, 9.17) is 14.5 Å². The lowest BCUT2D eigenvalue weighted by Gasteiger charge is -2.36. The second-order valence-electron chi connectivity index (χ2n) is 8.90. The van der Waals surface area contributed by atoms with Crippen molar-refractivity contribution in [2.45, 2.75) is 32.5 Å². The lowest BCUT2D eigenvalue weighted by atomic mass is 9.91. The van der Waals surface area contributed by atoms with Crippen LogP contribution in [0, 0.1) is 5.92 Å². The Hall–Kier alpha value is -4.13. The second kappa shape index (κ2) is 10.6. The molecular weight excluding hydrogens is 454 g/mol. The summed E-state index contributed by atoms with van der Waals surface area (Å²) in [5.74, 6) is -0.832. The highest BCUT2D eigenvalue weighted by Crippen LogP contribution is 2.33. The van der Waals surface area contributed by atoms with Crippen molar-refractivity contribution in [1.29, 1.82) is 0 Å². The molecule has 7 heteroatoms. The summed E-state index contributed by atoms with van der Waals surface area (Å²) in [5.41, 5.74) is 4.35. The number of nitrogens with zero attached hydrogens (tertiary/aromatic N) is 2. The summed E-state index contributed by atoms with van der Waals surface area (Å²) < 4.78 is 11.1. The van der Waals surface area contributed by atoms with Gasteiger partial charge in [0, 0.05) is 13.1 Å². The van der Waals surface area contributed by atoms with Crippen LogP contribution >= 0.6 is 0 Å². The lowest BCUT2D eigenvalue weighted by molar-refractivity contribution is -0.153. The van der Waals surface area contributed by atoms with Crippen LogP contribution in [-0.2, 0) is 33.9 Å².